The van der Waals surface area contributed by atoms with Gasteiger partial charge in [-0.05, 0) is 70.2 Å². The summed E-state index contributed by atoms with van der Waals surface area (Å²) in [5, 5.41) is 3.38. The molecule has 1 spiro atoms. The second-order valence-electron chi connectivity index (χ2n) is 7.53. The van der Waals surface area contributed by atoms with Crippen LogP contribution in [0.25, 0.3) is 0 Å². The third-order valence-electron chi connectivity index (χ3n) is 4.97. The van der Waals surface area contributed by atoms with Gasteiger partial charge in [0.05, 0.1) is 21.8 Å². The van der Waals surface area contributed by atoms with E-state index in [0.717, 1.165) is 43.5 Å². The van der Waals surface area contributed by atoms with Gasteiger partial charge in [0, 0.05) is 5.56 Å². The molecule has 1 aliphatic heterocycles. The number of halogens is 1. The van der Waals surface area contributed by atoms with Crippen molar-refractivity contribution in [2.45, 2.75) is 50.8 Å². The van der Waals surface area contributed by atoms with Crippen molar-refractivity contribution in [1.29, 1.82) is 0 Å². The van der Waals surface area contributed by atoms with Gasteiger partial charge in [-0.25, -0.2) is 13.3 Å². The largest absolute Gasteiger partial charge is 0.317 e. The first-order valence-electron chi connectivity index (χ1n) is 8.00. The fraction of sp³-hybridized carbons (Fsp3) is 0.647. The van der Waals surface area contributed by atoms with Gasteiger partial charge in [0.15, 0.2) is 0 Å². The van der Waals surface area contributed by atoms with E-state index in [9.17, 15) is 8.60 Å². The molecule has 3 nitrogen and oxygen atoms in total. The predicted molar refractivity (Wildman–Crippen MR) is 88.4 cm³/mol. The molecule has 0 aromatic heterocycles. The molecule has 0 bridgehead atoms. The molecule has 1 unspecified atom stereocenters. The molecule has 1 aliphatic carbocycles. The molecule has 0 radical (unpaired) electrons. The molecule has 2 atom stereocenters. The number of nitrogens with one attached hydrogen (secondary N) is 2. The Labute approximate surface area is 134 Å². The van der Waals surface area contributed by atoms with Crippen molar-refractivity contribution in [3.05, 3.63) is 35.1 Å². The van der Waals surface area contributed by atoms with Crippen molar-refractivity contribution in [2.75, 3.05) is 13.1 Å². The van der Waals surface area contributed by atoms with Crippen molar-refractivity contribution in [3.8, 4) is 0 Å². The molecule has 2 aliphatic rings. The van der Waals surface area contributed by atoms with Gasteiger partial charge < -0.3 is 5.32 Å². The first kappa shape index (κ1) is 16.1. The maximum atomic E-state index is 14.5. The lowest BCUT2D eigenvalue weighted by Crippen LogP contribution is -2.46. The molecule has 1 saturated heterocycles. The van der Waals surface area contributed by atoms with E-state index in [1.807, 2.05) is 26.8 Å². The summed E-state index contributed by atoms with van der Waals surface area (Å²) in [5.41, 5.74) is 1.80. The normalized spacial score (nSPS) is 25.2. The van der Waals surface area contributed by atoms with Gasteiger partial charge >= 0.3 is 0 Å². The third kappa shape index (κ3) is 2.74. The molecule has 1 fully saturated rings. The SMILES string of the molecule is CC(C)(C)S(=O)N[C@H]1c2c(F)cccc2CC12CCNCC2. The zero-order valence-electron chi connectivity index (χ0n) is 13.5. The number of piperidine rings is 1. The second-order valence-corrected chi connectivity index (χ2v) is 9.53. The zero-order valence-corrected chi connectivity index (χ0v) is 14.4. The number of fused-ring (bicyclic) bond motifs is 1. The molecule has 0 amide bonds. The Kier molecular flexibility index (Phi) is 4.16. The third-order valence-corrected chi connectivity index (χ3v) is 6.53. The van der Waals surface area contributed by atoms with Crippen LogP contribution >= 0.6 is 0 Å². The molecule has 122 valence electrons. The molecule has 1 heterocycles. The molecular formula is C17H25FN2OS. The summed E-state index contributed by atoms with van der Waals surface area (Å²) < 4.78 is 30.0. The van der Waals surface area contributed by atoms with E-state index in [0.29, 0.717) is 0 Å². The average molecular weight is 324 g/mol. The summed E-state index contributed by atoms with van der Waals surface area (Å²) in [7, 11) is -1.21. The maximum absolute atomic E-state index is 14.5. The van der Waals surface area contributed by atoms with Crippen LogP contribution in [0.3, 0.4) is 0 Å². The van der Waals surface area contributed by atoms with Crippen molar-refractivity contribution in [1.82, 2.24) is 10.0 Å². The van der Waals surface area contributed by atoms with E-state index in [2.05, 4.69) is 10.0 Å². The van der Waals surface area contributed by atoms with Crippen molar-refractivity contribution >= 4 is 11.0 Å². The predicted octanol–water partition coefficient (Wildman–Crippen LogP) is 2.84. The number of rotatable bonds is 2. The zero-order chi connectivity index (χ0) is 16.0. The van der Waals surface area contributed by atoms with Gasteiger partial charge in [-0.15, -0.1) is 0 Å². The van der Waals surface area contributed by atoms with Gasteiger partial charge in [-0.1, -0.05) is 12.1 Å². The van der Waals surface area contributed by atoms with Crippen LogP contribution in [0.15, 0.2) is 18.2 Å². The lowest BCUT2D eigenvalue weighted by atomic mass is 9.73. The Morgan fingerprint density at radius 3 is 2.64 bits per heavy atom. The molecule has 2 N–H and O–H groups in total. The fourth-order valence-electron chi connectivity index (χ4n) is 3.70. The molecule has 1 aromatic rings. The van der Waals surface area contributed by atoms with Gasteiger partial charge in [0.2, 0.25) is 0 Å². The fourth-order valence-corrected chi connectivity index (χ4v) is 4.64. The second kappa shape index (κ2) is 5.69. The summed E-state index contributed by atoms with van der Waals surface area (Å²) in [6.45, 7) is 7.72. The van der Waals surface area contributed by atoms with Crippen LogP contribution in [0.2, 0.25) is 0 Å². The molecule has 22 heavy (non-hydrogen) atoms. The average Bonchev–Trinajstić information content (AvgIpc) is 2.73. The van der Waals surface area contributed by atoms with E-state index in [1.54, 1.807) is 6.07 Å². The van der Waals surface area contributed by atoms with Crippen molar-refractivity contribution in [3.63, 3.8) is 0 Å². The number of benzene rings is 1. The smallest absolute Gasteiger partial charge is 0.128 e. The maximum Gasteiger partial charge on any atom is 0.128 e. The summed E-state index contributed by atoms with van der Waals surface area (Å²) in [6.07, 6.45) is 2.85. The van der Waals surface area contributed by atoms with Crippen LogP contribution < -0.4 is 10.0 Å². The first-order valence-corrected chi connectivity index (χ1v) is 9.15. The lowest BCUT2D eigenvalue weighted by molar-refractivity contribution is 0.163. The van der Waals surface area contributed by atoms with Crippen LogP contribution in [0.1, 0.15) is 50.8 Å². The molecule has 0 saturated carbocycles. The van der Waals surface area contributed by atoms with Crippen molar-refractivity contribution in [2.24, 2.45) is 5.41 Å². The minimum atomic E-state index is -1.21. The van der Waals surface area contributed by atoms with E-state index in [4.69, 9.17) is 0 Å². The van der Waals surface area contributed by atoms with Gasteiger partial charge in [-0.3, -0.25) is 0 Å². The summed E-state index contributed by atoms with van der Waals surface area (Å²) >= 11 is 0. The Morgan fingerprint density at radius 1 is 1.32 bits per heavy atom. The van der Waals surface area contributed by atoms with E-state index >= 15 is 0 Å². The Bertz CT molecular complexity index is 591. The van der Waals surface area contributed by atoms with Crippen LogP contribution in [0.5, 0.6) is 0 Å². The highest BCUT2D eigenvalue weighted by atomic mass is 32.2. The van der Waals surface area contributed by atoms with E-state index < -0.39 is 11.0 Å². The highest BCUT2D eigenvalue weighted by Gasteiger charge is 2.48. The van der Waals surface area contributed by atoms with Crippen LogP contribution in [0, 0.1) is 11.2 Å². The molecule has 1 aromatic carbocycles. The summed E-state index contributed by atoms with van der Waals surface area (Å²) in [4.78, 5) is 0. The highest BCUT2D eigenvalue weighted by Crippen LogP contribution is 2.52. The van der Waals surface area contributed by atoms with E-state index in [-0.39, 0.29) is 22.0 Å². The van der Waals surface area contributed by atoms with Gasteiger partial charge in [0.1, 0.15) is 5.82 Å². The van der Waals surface area contributed by atoms with Crippen molar-refractivity contribution < 1.29 is 8.60 Å². The highest BCUT2D eigenvalue weighted by molar-refractivity contribution is 7.84. The van der Waals surface area contributed by atoms with Gasteiger partial charge in [0.25, 0.3) is 0 Å². The minimum Gasteiger partial charge on any atom is -0.317 e. The standard InChI is InChI=1S/C17H25FN2OS/c1-16(2,3)22(21)20-15-14-12(5-4-6-13(14)18)11-17(15)7-9-19-10-8-17/h4-6,15,19-20H,7-11H2,1-3H3/t15-,22?/m0/s1. The van der Waals surface area contributed by atoms with E-state index in [1.165, 1.54) is 6.07 Å². The van der Waals surface area contributed by atoms with Crippen LogP contribution in [0.4, 0.5) is 4.39 Å². The Balaban J connectivity index is 1.99. The Hall–Kier alpha value is -0.780. The molecule has 3 rings (SSSR count). The topological polar surface area (TPSA) is 41.1 Å². The van der Waals surface area contributed by atoms with Crippen LogP contribution in [-0.4, -0.2) is 22.0 Å². The summed E-state index contributed by atoms with van der Waals surface area (Å²) in [5.74, 6) is -0.170. The molecular weight excluding hydrogens is 299 g/mol. The number of hydrogen-bond donors (Lipinski definition) is 2. The Morgan fingerprint density at radius 2 is 2.00 bits per heavy atom. The monoisotopic (exact) mass is 324 g/mol. The lowest BCUT2D eigenvalue weighted by Gasteiger charge is -2.40. The molecule has 5 heteroatoms. The number of hydrogen-bond acceptors (Lipinski definition) is 2. The first-order chi connectivity index (χ1) is 10.3. The van der Waals surface area contributed by atoms with Gasteiger partial charge in [-0.2, -0.15) is 0 Å². The minimum absolute atomic E-state index is 0.0172. The van der Waals surface area contributed by atoms with Crippen LogP contribution in [-0.2, 0) is 17.4 Å². The quantitative estimate of drug-likeness (QED) is 0.878. The summed E-state index contributed by atoms with van der Waals surface area (Å²) in [6, 6.07) is 5.16.